The third kappa shape index (κ3) is 3.49. The summed E-state index contributed by atoms with van der Waals surface area (Å²) in [5.41, 5.74) is 2.81. The van der Waals surface area contributed by atoms with Gasteiger partial charge in [0.05, 0.1) is 23.6 Å². The Labute approximate surface area is 145 Å². The van der Waals surface area contributed by atoms with Crippen LogP contribution in [0, 0.1) is 13.8 Å². The zero-order chi connectivity index (χ0) is 17.3. The number of piperidine rings is 1. The third-order valence-corrected chi connectivity index (χ3v) is 5.57. The minimum Gasteiger partial charge on any atom is -0.322 e. The van der Waals surface area contributed by atoms with Gasteiger partial charge in [0.15, 0.2) is 0 Å². The van der Waals surface area contributed by atoms with Gasteiger partial charge in [-0.05, 0) is 47.1 Å². The molecule has 0 spiro atoms. The molecule has 1 N–H and O–H groups in total. The fourth-order valence-corrected chi connectivity index (χ4v) is 4.11. The van der Waals surface area contributed by atoms with Crippen molar-refractivity contribution in [2.75, 3.05) is 31.5 Å². The van der Waals surface area contributed by atoms with Crippen molar-refractivity contribution in [1.82, 2.24) is 19.6 Å². The number of anilines is 1. The minimum atomic E-state index is 0.0713. The van der Waals surface area contributed by atoms with E-state index in [1.54, 1.807) is 0 Å². The monoisotopic (exact) mass is 333 g/mol. The van der Waals surface area contributed by atoms with Gasteiger partial charge in [0, 0.05) is 31.7 Å². The van der Waals surface area contributed by atoms with Crippen LogP contribution < -0.4 is 5.32 Å². The van der Waals surface area contributed by atoms with Gasteiger partial charge in [-0.15, -0.1) is 0 Å². The predicted octanol–water partition coefficient (Wildman–Crippen LogP) is 2.02. The molecule has 2 aliphatic rings. The summed E-state index contributed by atoms with van der Waals surface area (Å²) in [6.45, 7) is 12.9. The Morgan fingerprint density at radius 1 is 1.29 bits per heavy atom. The molecule has 0 saturated carbocycles. The van der Waals surface area contributed by atoms with Crippen molar-refractivity contribution in [3.05, 3.63) is 11.4 Å². The van der Waals surface area contributed by atoms with Crippen molar-refractivity contribution in [1.29, 1.82) is 0 Å². The summed E-state index contributed by atoms with van der Waals surface area (Å²) in [5.74, 6) is 0.0713. The Morgan fingerprint density at radius 3 is 2.67 bits per heavy atom. The summed E-state index contributed by atoms with van der Waals surface area (Å²) in [7, 11) is 0. The van der Waals surface area contributed by atoms with E-state index in [-0.39, 0.29) is 5.91 Å². The molecular weight excluding hydrogens is 302 g/mol. The second kappa shape index (κ2) is 7.23. The van der Waals surface area contributed by atoms with Crippen molar-refractivity contribution >= 4 is 11.6 Å². The fourth-order valence-electron chi connectivity index (χ4n) is 4.11. The van der Waals surface area contributed by atoms with Crippen LogP contribution in [0.1, 0.15) is 44.5 Å². The Hall–Kier alpha value is -1.40. The summed E-state index contributed by atoms with van der Waals surface area (Å²) in [5, 5.41) is 7.52. The van der Waals surface area contributed by atoms with E-state index in [4.69, 9.17) is 0 Å². The normalized spacial score (nSPS) is 23.2. The molecule has 134 valence electrons. The van der Waals surface area contributed by atoms with E-state index in [2.05, 4.69) is 34.1 Å². The SMILES string of the molecule is CCn1nc(C)c(NC(=O)CN2CC(N3CCCCC3C)C2)c1C. The molecule has 2 fully saturated rings. The van der Waals surface area contributed by atoms with E-state index < -0.39 is 0 Å². The lowest BCUT2D eigenvalue weighted by atomic mass is 9.97. The molecule has 3 rings (SSSR count). The van der Waals surface area contributed by atoms with Crippen LogP contribution in [0.2, 0.25) is 0 Å². The van der Waals surface area contributed by atoms with Crippen molar-refractivity contribution in [3.63, 3.8) is 0 Å². The molecule has 24 heavy (non-hydrogen) atoms. The number of rotatable bonds is 5. The maximum absolute atomic E-state index is 12.4. The highest BCUT2D eigenvalue weighted by molar-refractivity contribution is 5.93. The molecule has 6 nitrogen and oxygen atoms in total. The number of nitrogens with zero attached hydrogens (tertiary/aromatic N) is 4. The van der Waals surface area contributed by atoms with Crippen molar-refractivity contribution in [2.45, 2.75) is 65.6 Å². The van der Waals surface area contributed by atoms with Gasteiger partial charge in [0.25, 0.3) is 0 Å². The number of carbonyl (C=O) groups is 1. The molecule has 0 radical (unpaired) electrons. The van der Waals surface area contributed by atoms with Crippen molar-refractivity contribution in [2.24, 2.45) is 0 Å². The zero-order valence-corrected chi connectivity index (χ0v) is 15.5. The number of hydrogen-bond donors (Lipinski definition) is 1. The van der Waals surface area contributed by atoms with E-state index >= 15 is 0 Å². The summed E-state index contributed by atoms with van der Waals surface area (Å²) >= 11 is 0. The van der Waals surface area contributed by atoms with Crippen LogP contribution in [-0.4, -0.2) is 63.8 Å². The standard InChI is InChI=1S/C18H31N5O/c1-5-23-15(4)18(14(3)20-23)19-17(24)12-21-10-16(11-21)22-9-7-6-8-13(22)2/h13,16H,5-12H2,1-4H3,(H,19,24). The number of hydrogen-bond acceptors (Lipinski definition) is 4. The van der Waals surface area contributed by atoms with Crippen LogP contribution in [0.4, 0.5) is 5.69 Å². The van der Waals surface area contributed by atoms with E-state index in [0.29, 0.717) is 18.6 Å². The van der Waals surface area contributed by atoms with Gasteiger partial charge in [-0.1, -0.05) is 6.42 Å². The Balaban J connectivity index is 1.48. The first-order valence-corrected chi connectivity index (χ1v) is 9.31. The highest BCUT2D eigenvalue weighted by atomic mass is 16.2. The third-order valence-electron chi connectivity index (χ3n) is 5.57. The average Bonchev–Trinajstić information content (AvgIpc) is 2.79. The number of aromatic nitrogens is 2. The topological polar surface area (TPSA) is 53.4 Å². The lowest BCUT2D eigenvalue weighted by Gasteiger charge is -2.49. The second-order valence-electron chi connectivity index (χ2n) is 7.34. The molecule has 1 unspecified atom stereocenters. The van der Waals surface area contributed by atoms with E-state index in [0.717, 1.165) is 36.7 Å². The Bertz CT molecular complexity index is 590. The maximum Gasteiger partial charge on any atom is 0.238 e. The van der Waals surface area contributed by atoms with Gasteiger partial charge in [-0.2, -0.15) is 5.10 Å². The van der Waals surface area contributed by atoms with Crippen molar-refractivity contribution < 1.29 is 4.79 Å². The van der Waals surface area contributed by atoms with Crippen LogP contribution >= 0.6 is 0 Å². The summed E-state index contributed by atoms with van der Waals surface area (Å²) in [4.78, 5) is 17.2. The molecule has 1 aromatic heterocycles. The molecular formula is C18H31N5O. The number of likely N-dealkylation sites (tertiary alicyclic amines) is 2. The first kappa shape index (κ1) is 17.4. The average molecular weight is 333 g/mol. The molecule has 0 aromatic carbocycles. The number of nitrogens with one attached hydrogen (secondary N) is 1. The molecule has 0 bridgehead atoms. The second-order valence-corrected chi connectivity index (χ2v) is 7.34. The Morgan fingerprint density at radius 2 is 2.04 bits per heavy atom. The van der Waals surface area contributed by atoms with Gasteiger partial charge in [0.2, 0.25) is 5.91 Å². The van der Waals surface area contributed by atoms with Crippen LogP contribution in [0.5, 0.6) is 0 Å². The molecule has 1 amide bonds. The Kier molecular flexibility index (Phi) is 5.25. The van der Waals surface area contributed by atoms with Crippen LogP contribution in [0.15, 0.2) is 0 Å². The molecule has 0 aliphatic carbocycles. The van der Waals surface area contributed by atoms with Gasteiger partial charge in [0.1, 0.15) is 0 Å². The summed E-state index contributed by atoms with van der Waals surface area (Å²) < 4.78 is 1.93. The number of aryl methyl sites for hydroxylation is 2. The predicted molar refractivity (Wildman–Crippen MR) is 96.3 cm³/mol. The number of amides is 1. The molecule has 1 atom stereocenters. The van der Waals surface area contributed by atoms with Gasteiger partial charge < -0.3 is 5.32 Å². The highest BCUT2D eigenvalue weighted by Gasteiger charge is 2.35. The van der Waals surface area contributed by atoms with E-state index in [1.807, 2.05) is 18.5 Å². The first-order chi connectivity index (χ1) is 11.5. The summed E-state index contributed by atoms with van der Waals surface area (Å²) in [6.07, 6.45) is 4.00. The summed E-state index contributed by atoms with van der Waals surface area (Å²) in [6, 6.07) is 1.34. The molecule has 3 heterocycles. The van der Waals surface area contributed by atoms with Crippen LogP contribution in [0.3, 0.4) is 0 Å². The zero-order valence-electron chi connectivity index (χ0n) is 15.5. The fraction of sp³-hybridized carbons (Fsp3) is 0.778. The van der Waals surface area contributed by atoms with Crippen LogP contribution in [-0.2, 0) is 11.3 Å². The maximum atomic E-state index is 12.4. The molecule has 6 heteroatoms. The van der Waals surface area contributed by atoms with E-state index in [9.17, 15) is 4.79 Å². The van der Waals surface area contributed by atoms with Crippen LogP contribution in [0.25, 0.3) is 0 Å². The first-order valence-electron chi connectivity index (χ1n) is 9.31. The smallest absolute Gasteiger partial charge is 0.238 e. The largest absolute Gasteiger partial charge is 0.322 e. The van der Waals surface area contributed by atoms with Gasteiger partial charge in [-0.25, -0.2) is 0 Å². The lowest BCUT2D eigenvalue weighted by molar-refractivity contribution is -0.119. The lowest BCUT2D eigenvalue weighted by Crippen LogP contribution is -2.63. The number of carbonyl (C=O) groups excluding carboxylic acids is 1. The van der Waals surface area contributed by atoms with E-state index in [1.165, 1.54) is 25.8 Å². The van der Waals surface area contributed by atoms with Gasteiger partial charge in [-0.3, -0.25) is 19.3 Å². The molecule has 2 saturated heterocycles. The molecule has 2 aliphatic heterocycles. The quantitative estimate of drug-likeness (QED) is 0.896. The van der Waals surface area contributed by atoms with Crippen molar-refractivity contribution in [3.8, 4) is 0 Å². The van der Waals surface area contributed by atoms with Gasteiger partial charge >= 0.3 is 0 Å². The minimum absolute atomic E-state index is 0.0713. The highest BCUT2D eigenvalue weighted by Crippen LogP contribution is 2.24. The molecule has 1 aromatic rings.